The minimum Gasteiger partial charge on any atom is -0.453 e. The molecule has 2 N–H and O–H groups in total. The number of nitrogens with zero attached hydrogens (tertiary/aromatic N) is 2. The van der Waals surface area contributed by atoms with E-state index in [9.17, 15) is 9.59 Å². The fourth-order valence-electron chi connectivity index (χ4n) is 3.15. The Kier molecular flexibility index (Phi) is 5.55. The van der Waals surface area contributed by atoms with Crippen molar-refractivity contribution in [3.63, 3.8) is 0 Å². The average Bonchev–Trinajstić information content (AvgIpc) is 3.04. The van der Waals surface area contributed by atoms with Crippen molar-refractivity contribution in [3.8, 4) is 0 Å². The van der Waals surface area contributed by atoms with Gasteiger partial charge in [-0.15, -0.1) is 0 Å². The van der Waals surface area contributed by atoms with E-state index in [-0.39, 0.29) is 12.0 Å². The van der Waals surface area contributed by atoms with Gasteiger partial charge in [0.15, 0.2) is 0 Å². The van der Waals surface area contributed by atoms with Crippen LogP contribution in [0.1, 0.15) is 5.56 Å². The number of benzene rings is 1. The summed E-state index contributed by atoms with van der Waals surface area (Å²) < 4.78 is 4.73. The van der Waals surface area contributed by atoms with Gasteiger partial charge >= 0.3 is 6.09 Å². The molecule has 0 bridgehead atoms. The molecule has 0 saturated carbocycles. The number of H-pyrrole nitrogens is 1. The van der Waals surface area contributed by atoms with Gasteiger partial charge in [-0.2, -0.15) is 0 Å². The number of rotatable bonds is 5. The maximum absolute atomic E-state index is 12.2. The van der Waals surface area contributed by atoms with Gasteiger partial charge in [-0.1, -0.05) is 18.2 Å². The number of hydrogen-bond acceptors (Lipinski definition) is 4. The van der Waals surface area contributed by atoms with Crippen LogP contribution in [0, 0.1) is 0 Å². The van der Waals surface area contributed by atoms with Crippen molar-refractivity contribution in [2.75, 3.05) is 46.4 Å². The van der Waals surface area contributed by atoms with Crippen LogP contribution in [-0.4, -0.2) is 73.2 Å². The maximum Gasteiger partial charge on any atom is 0.409 e. The van der Waals surface area contributed by atoms with Crippen molar-refractivity contribution < 1.29 is 14.3 Å². The van der Waals surface area contributed by atoms with Gasteiger partial charge in [-0.3, -0.25) is 9.69 Å². The van der Waals surface area contributed by atoms with Crippen molar-refractivity contribution in [2.45, 2.75) is 6.42 Å². The SMILES string of the molecule is COC(=O)N1CCN(CCNC(=O)Cc2c[nH]c3ccccc23)CC1. The third kappa shape index (κ3) is 4.30. The standard InChI is InChI=1S/C18H24N4O3/c1-25-18(24)22-10-8-21(9-11-22)7-6-19-17(23)12-14-13-20-16-5-3-2-4-15(14)16/h2-5,13,20H,6-12H2,1H3,(H,19,23). The van der Waals surface area contributed by atoms with Gasteiger partial charge in [0.05, 0.1) is 13.5 Å². The summed E-state index contributed by atoms with van der Waals surface area (Å²) >= 11 is 0. The molecule has 0 atom stereocenters. The molecule has 1 aliphatic rings. The number of para-hydroxylation sites is 1. The van der Waals surface area contributed by atoms with Gasteiger partial charge in [0.1, 0.15) is 0 Å². The fraction of sp³-hybridized carbons (Fsp3) is 0.444. The van der Waals surface area contributed by atoms with Crippen LogP contribution in [0.25, 0.3) is 10.9 Å². The number of nitrogens with one attached hydrogen (secondary N) is 2. The lowest BCUT2D eigenvalue weighted by molar-refractivity contribution is -0.120. The second-order valence-electron chi connectivity index (χ2n) is 6.18. The number of ether oxygens (including phenoxy) is 1. The zero-order chi connectivity index (χ0) is 17.6. The summed E-state index contributed by atoms with van der Waals surface area (Å²) in [7, 11) is 1.40. The van der Waals surface area contributed by atoms with Gasteiger partial charge < -0.3 is 19.9 Å². The third-order valence-corrected chi connectivity index (χ3v) is 4.58. The van der Waals surface area contributed by atoms with Crippen LogP contribution in [0.5, 0.6) is 0 Å². The molecule has 1 fully saturated rings. The highest BCUT2D eigenvalue weighted by Crippen LogP contribution is 2.17. The Bertz CT molecular complexity index is 735. The predicted octanol–water partition coefficient (Wildman–Crippen LogP) is 1.21. The zero-order valence-electron chi connectivity index (χ0n) is 14.5. The predicted molar refractivity (Wildman–Crippen MR) is 95.4 cm³/mol. The molecule has 25 heavy (non-hydrogen) atoms. The van der Waals surface area contributed by atoms with E-state index in [4.69, 9.17) is 4.74 Å². The second kappa shape index (κ2) is 8.02. The van der Waals surface area contributed by atoms with Crippen LogP contribution in [0.3, 0.4) is 0 Å². The first kappa shape index (κ1) is 17.3. The van der Waals surface area contributed by atoms with E-state index < -0.39 is 0 Å². The van der Waals surface area contributed by atoms with Gasteiger partial charge in [-0.25, -0.2) is 4.79 Å². The lowest BCUT2D eigenvalue weighted by Crippen LogP contribution is -2.50. The van der Waals surface area contributed by atoms with Crippen molar-refractivity contribution in [2.24, 2.45) is 0 Å². The summed E-state index contributed by atoms with van der Waals surface area (Å²) in [5.74, 6) is 0.0259. The number of carbonyl (C=O) groups is 2. The molecule has 2 heterocycles. The summed E-state index contributed by atoms with van der Waals surface area (Å²) in [4.78, 5) is 30.7. The summed E-state index contributed by atoms with van der Waals surface area (Å²) in [5.41, 5.74) is 2.06. The van der Waals surface area contributed by atoms with Crippen LogP contribution in [0.2, 0.25) is 0 Å². The monoisotopic (exact) mass is 344 g/mol. The van der Waals surface area contributed by atoms with Gasteiger partial charge in [0.25, 0.3) is 0 Å². The number of hydrogen-bond donors (Lipinski definition) is 2. The Morgan fingerprint density at radius 1 is 1.20 bits per heavy atom. The van der Waals surface area contributed by atoms with Crippen molar-refractivity contribution in [3.05, 3.63) is 36.0 Å². The van der Waals surface area contributed by atoms with Crippen molar-refractivity contribution in [1.82, 2.24) is 20.1 Å². The van der Waals surface area contributed by atoms with E-state index in [1.807, 2.05) is 30.5 Å². The quantitative estimate of drug-likeness (QED) is 0.855. The average molecular weight is 344 g/mol. The number of amides is 2. The molecule has 7 nitrogen and oxygen atoms in total. The highest BCUT2D eigenvalue weighted by molar-refractivity contribution is 5.88. The maximum atomic E-state index is 12.2. The highest BCUT2D eigenvalue weighted by Gasteiger charge is 2.21. The van der Waals surface area contributed by atoms with Crippen molar-refractivity contribution >= 4 is 22.9 Å². The molecule has 0 aliphatic carbocycles. The number of methoxy groups -OCH3 is 1. The molecular weight excluding hydrogens is 320 g/mol. The first-order chi connectivity index (χ1) is 12.2. The molecule has 0 radical (unpaired) electrons. The molecule has 3 rings (SSSR count). The van der Waals surface area contributed by atoms with Gasteiger partial charge in [0, 0.05) is 56.4 Å². The molecule has 1 aliphatic heterocycles. The molecular formula is C18H24N4O3. The number of piperazine rings is 1. The van der Waals surface area contributed by atoms with E-state index >= 15 is 0 Å². The number of aromatic amines is 1. The lowest BCUT2D eigenvalue weighted by atomic mass is 10.1. The molecule has 1 aromatic carbocycles. The first-order valence-corrected chi connectivity index (χ1v) is 8.54. The molecule has 7 heteroatoms. The van der Waals surface area contributed by atoms with Gasteiger partial charge in [0.2, 0.25) is 5.91 Å². The van der Waals surface area contributed by atoms with E-state index in [0.717, 1.165) is 36.1 Å². The first-order valence-electron chi connectivity index (χ1n) is 8.54. The van der Waals surface area contributed by atoms with Crippen LogP contribution < -0.4 is 5.32 Å². The van der Waals surface area contributed by atoms with E-state index in [1.165, 1.54) is 7.11 Å². The summed E-state index contributed by atoms with van der Waals surface area (Å²) in [6, 6.07) is 7.98. The number of carbonyl (C=O) groups excluding carboxylic acids is 2. The van der Waals surface area contributed by atoms with E-state index in [1.54, 1.807) is 4.90 Å². The molecule has 1 aromatic heterocycles. The Labute approximate surface area is 146 Å². The van der Waals surface area contributed by atoms with Crippen LogP contribution in [0.4, 0.5) is 4.79 Å². The second-order valence-corrected chi connectivity index (χ2v) is 6.18. The molecule has 134 valence electrons. The fourth-order valence-corrected chi connectivity index (χ4v) is 3.15. The smallest absolute Gasteiger partial charge is 0.409 e. The Morgan fingerprint density at radius 2 is 1.96 bits per heavy atom. The molecule has 0 spiro atoms. The van der Waals surface area contributed by atoms with Crippen LogP contribution in [0.15, 0.2) is 30.5 Å². The van der Waals surface area contributed by atoms with Crippen LogP contribution >= 0.6 is 0 Å². The Balaban J connectivity index is 1.39. The lowest BCUT2D eigenvalue weighted by Gasteiger charge is -2.33. The van der Waals surface area contributed by atoms with Crippen molar-refractivity contribution in [1.29, 1.82) is 0 Å². The molecule has 2 amide bonds. The largest absolute Gasteiger partial charge is 0.453 e. The third-order valence-electron chi connectivity index (χ3n) is 4.58. The van der Waals surface area contributed by atoms with E-state index in [0.29, 0.717) is 26.1 Å². The molecule has 1 saturated heterocycles. The Hall–Kier alpha value is -2.54. The van der Waals surface area contributed by atoms with E-state index in [2.05, 4.69) is 15.2 Å². The molecule has 2 aromatic rings. The zero-order valence-corrected chi connectivity index (χ0v) is 14.5. The Morgan fingerprint density at radius 3 is 2.72 bits per heavy atom. The summed E-state index contributed by atoms with van der Waals surface area (Å²) in [6.45, 7) is 4.32. The summed E-state index contributed by atoms with van der Waals surface area (Å²) in [5, 5.41) is 4.07. The highest BCUT2D eigenvalue weighted by atomic mass is 16.5. The van der Waals surface area contributed by atoms with Crippen LogP contribution in [-0.2, 0) is 16.0 Å². The topological polar surface area (TPSA) is 77.7 Å². The summed E-state index contributed by atoms with van der Waals surface area (Å²) in [6.07, 6.45) is 2.00. The number of fused-ring (bicyclic) bond motifs is 1. The molecule has 0 unspecified atom stereocenters. The normalized spacial score (nSPS) is 15.3. The minimum atomic E-state index is -0.272. The number of aromatic nitrogens is 1. The minimum absolute atomic E-state index is 0.0259. The van der Waals surface area contributed by atoms with Gasteiger partial charge in [-0.05, 0) is 11.6 Å².